The van der Waals surface area contributed by atoms with Gasteiger partial charge in [0.05, 0.1) is 13.2 Å². The van der Waals surface area contributed by atoms with E-state index < -0.39 is 0 Å². The highest BCUT2D eigenvalue weighted by Gasteiger charge is 2.04. The Morgan fingerprint density at radius 2 is 2.21 bits per heavy atom. The summed E-state index contributed by atoms with van der Waals surface area (Å²) in [4.78, 5) is 14.7. The van der Waals surface area contributed by atoms with Crippen LogP contribution in [0.2, 0.25) is 0 Å². The SMILES string of the molecule is COCCNC(=O)CNCc1c[nH]c2ccccc12. The van der Waals surface area contributed by atoms with E-state index in [2.05, 4.69) is 21.7 Å². The van der Waals surface area contributed by atoms with Crippen LogP contribution >= 0.6 is 0 Å². The highest BCUT2D eigenvalue weighted by atomic mass is 16.5. The Hall–Kier alpha value is -1.85. The van der Waals surface area contributed by atoms with Gasteiger partial charge in [-0.1, -0.05) is 18.2 Å². The standard InChI is InChI=1S/C14H19N3O2/c1-19-7-6-16-14(18)10-15-8-11-9-17-13-5-3-2-4-12(11)13/h2-5,9,15,17H,6-8,10H2,1H3,(H,16,18). The lowest BCUT2D eigenvalue weighted by Gasteiger charge is -2.05. The summed E-state index contributed by atoms with van der Waals surface area (Å²) in [5.74, 6) is -0.0168. The zero-order valence-corrected chi connectivity index (χ0v) is 11.0. The molecule has 2 aromatic rings. The van der Waals surface area contributed by atoms with Gasteiger partial charge < -0.3 is 20.4 Å². The maximum atomic E-state index is 11.5. The molecule has 0 fully saturated rings. The van der Waals surface area contributed by atoms with Crippen molar-refractivity contribution in [2.24, 2.45) is 0 Å². The van der Waals surface area contributed by atoms with Crippen LogP contribution in [0, 0.1) is 0 Å². The minimum atomic E-state index is -0.0168. The average Bonchev–Trinajstić information content (AvgIpc) is 2.83. The Balaban J connectivity index is 1.78. The number of ether oxygens (including phenoxy) is 1. The molecule has 5 heteroatoms. The first-order valence-corrected chi connectivity index (χ1v) is 6.32. The summed E-state index contributed by atoms with van der Waals surface area (Å²) in [7, 11) is 1.61. The van der Waals surface area contributed by atoms with E-state index in [9.17, 15) is 4.79 Å². The van der Waals surface area contributed by atoms with E-state index in [0.717, 1.165) is 5.52 Å². The number of benzene rings is 1. The molecule has 0 saturated heterocycles. The smallest absolute Gasteiger partial charge is 0.234 e. The van der Waals surface area contributed by atoms with Crippen molar-refractivity contribution in [1.82, 2.24) is 15.6 Å². The Morgan fingerprint density at radius 3 is 3.05 bits per heavy atom. The van der Waals surface area contributed by atoms with Gasteiger partial charge in [0, 0.05) is 37.3 Å². The second-order valence-corrected chi connectivity index (χ2v) is 4.31. The fourth-order valence-corrected chi connectivity index (χ4v) is 1.94. The number of para-hydroxylation sites is 1. The number of rotatable bonds is 7. The van der Waals surface area contributed by atoms with Gasteiger partial charge in [-0.15, -0.1) is 0 Å². The molecule has 3 N–H and O–H groups in total. The van der Waals surface area contributed by atoms with E-state index >= 15 is 0 Å². The van der Waals surface area contributed by atoms with Crippen LogP contribution in [-0.4, -0.2) is 37.7 Å². The molecule has 0 bridgehead atoms. The fourth-order valence-electron chi connectivity index (χ4n) is 1.94. The average molecular weight is 261 g/mol. The minimum Gasteiger partial charge on any atom is -0.383 e. The lowest BCUT2D eigenvalue weighted by atomic mass is 10.2. The third-order valence-electron chi connectivity index (χ3n) is 2.90. The fraction of sp³-hybridized carbons (Fsp3) is 0.357. The van der Waals surface area contributed by atoms with Crippen molar-refractivity contribution in [1.29, 1.82) is 0 Å². The molecule has 102 valence electrons. The van der Waals surface area contributed by atoms with E-state index in [1.54, 1.807) is 7.11 Å². The number of carbonyl (C=O) groups excluding carboxylic acids is 1. The topological polar surface area (TPSA) is 66.2 Å². The van der Waals surface area contributed by atoms with Crippen LogP contribution in [0.1, 0.15) is 5.56 Å². The van der Waals surface area contributed by atoms with Crippen LogP contribution in [0.5, 0.6) is 0 Å². The Morgan fingerprint density at radius 1 is 1.37 bits per heavy atom. The first kappa shape index (κ1) is 13.6. The third kappa shape index (κ3) is 3.81. The van der Waals surface area contributed by atoms with Gasteiger partial charge in [-0.2, -0.15) is 0 Å². The predicted octanol–water partition coefficient (Wildman–Crippen LogP) is 1.02. The van der Waals surface area contributed by atoms with Gasteiger partial charge >= 0.3 is 0 Å². The van der Waals surface area contributed by atoms with Crippen LogP contribution < -0.4 is 10.6 Å². The molecule has 2 rings (SSSR count). The second kappa shape index (κ2) is 6.92. The number of amides is 1. The molecule has 1 amide bonds. The highest BCUT2D eigenvalue weighted by Crippen LogP contribution is 2.16. The van der Waals surface area contributed by atoms with E-state index in [1.807, 2.05) is 24.4 Å². The zero-order valence-electron chi connectivity index (χ0n) is 11.0. The van der Waals surface area contributed by atoms with Gasteiger partial charge in [0.1, 0.15) is 0 Å². The molecule has 0 atom stereocenters. The van der Waals surface area contributed by atoms with Gasteiger partial charge in [-0.05, 0) is 11.6 Å². The van der Waals surface area contributed by atoms with Crippen molar-refractivity contribution in [2.45, 2.75) is 6.54 Å². The summed E-state index contributed by atoms with van der Waals surface area (Å²) in [5.41, 5.74) is 2.28. The van der Waals surface area contributed by atoms with Crippen molar-refractivity contribution < 1.29 is 9.53 Å². The minimum absolute atomic E-state index is 0.0168. The molecule has 0 unspecified atom stereocenters. The van der Waals surface area contributed by atoms with E-state index in [0.29, 0.717) is 26.2 Å². The summed E-state index contributed by atoms with van der Waals surface area (Å²) in [5, 5.41) is 7.09. The van der Waals surface area contributed by atoms with Crippen LogP contribution in [0.3, 0.4) is 0 Å². The number of fused-ring (bicyclic) bond motifs is 1. The monoisotopic (exact) mass is 261 g/mol. The molecule has 1 heterocycles. The molecular weight excluding hydrogens is 242 g/mol. The van der Waals surface area contributed by atoms with Crippen LogP contribution in [0.25, 0.3) is 10.9 Å². The largest absolute Gasteiger partial charge is 0.383 e. The number of H-pyrrole nitrogens is 1. The molecule has 0 aliphatic rings. The first-order chi connectivity index (χ1) is 9.31. The van der Waals surface area contributed by atoms with Crippen LogP contribution in [0.4, 0.5) is 0 Å². The summed E-state index contributed by atoms with van der Waals surface area (Å²) < 4.78 is 4.86. The number of aromatic amines is 1. The number of hydrogen-bond acceptors (Lipinski definition) is 3. The predicted molar refractivity (Wildman–Crippen MR) is 74.9 cm³/mol. The summed E-state index contributed by atoms with van der Waals surface area (Å²) in [6, 6.07) is 8.12. The summed E-state index contributed by atoms with van der Waals surface area (Å²) in [6.07, 6.45) is 1.97. The molecule has 0 aliphatic carbocycles. The molecule has 0 radical (unpaired) electrons. The maximum absolute atomic E-state index is 11.5. The van der Waals surface area contributed by atoms with Crippen molar-refractivity contribution in [3.63, 3.8) is 0 Å². The molecule has 0 saturated carbocycles. The molecule has 19 heavy (non-hydrogen) atoms. The number of hydrogen-bond donors (Lipinski definition) is 3. The van der Waals surface area contributed by atoms with E-state index in [-0.39, 0.29) is 5.91 Å². The first-order valence-electron chi connectivity index (χ1n) is 6.32. The van der Waals surface area contributed by atoms with Gasteiger partial charge in [0.25, 0.3) is 0 Å². The van der Waals surface area contributed by atoms with E-state index in [1.165, 1.54) is 10.9 Å². The van der Waals surface area contributed by atoms with Crippen molar-refractivity contribution in [3.8, 4) is 0 Å². The van der Waals surface area contributed by atoms with Crippen LogP contribution in [0.15, 0.2) is 30.5 Å². The van der Waals surface area contributed by atoms with Gasteiger partial charge in [-0.25, -0.2) is 0 Å². The van der Waals surface area contributed by atoms with Crippen molar-refractivity contribution in [3.05, 3.63) is 36.0 Å². The molecule has 5 nitrogen and oxygen atoms in total. The molecular formula is C14H19N3O2. The van der Waals surface area contributed by atoms with Crippen molar-refractivity contribution >= 4 is 16.8 Å². The molecule has 0 spiro atoms. The van der Waals surface area contributed by atoms with E-state index in [4.69, 9.17) is 4.74 Å². The normalized spacial score (nSPS) is 10.8. The lowest BCUT2D eigenvalue weighted by molar-refractivity contribution is -0.120. The molecule has 1 aromatic heterocycles. The third-order valence-corrected chi connectivity index (χ3v) is 2.90. The Bertz CT molecular complexity index is 536. The van der Waals surface area contributed by atoms with Crippen LogP contribution in [-0.2, 0) is 16.1 Å². The number of methoxy groups -OCH3 is 1. The summed E-state index contributed by atoms with van der Waals surface area (Å²) >= 11 is 0. The molecule has 1 aromatic carbocycles. The Labute approximate surface area is 112 Å². The van der Waals surface area contributed by atoms with Gasteiger partial charge in [0.15, 0.2) is 0 Å². The van der Waals surface area contributed by atoms with Gasteiger partial charge in [-0.3, -0.25) is 4.79 Å². The number of aromatic nitrogens is 1. The zero-order chi connectivity index (χ0) is 13.5. The quantitative estimate of drug-likeness (QED) is 0.652. The number of carbonyl (C=O) groups is 1. The Kier molecular flexibility index (Phi) is 4.94. The van der Waals surface area contributed by atoms with Gasteiger partial charge in [0.2, 0.25) is 5.91 Å². The second-order valence-electron chi connectivity index (χ2n) is 4.31. The van der Waals surface area contributed by atoms with Crippen molar-refractivity contribution in [2.75, 3.05) is 26.8 Å². The number of nitrogens with one attached hydrogen (secondary N) is 3. The molecule has 0 aliphatic heterocycles. The maximum Gasteiger partial charge on any atom is 0.234 e. The lowest BCUT2D eigenvalue weighted by Crippen LogP contribution is -2.35. The summed E-state index contributed by atoms with van der Waals surface area (Å²) in [6.45, 7) is 2.06. The highest BCUT2D eigenvalue weighted by molar-refractivity contribution is 5.83.